The van der Waals surface area contributed by atoms with Gasteiger partial charge in [-0.2, -0.15) is 4.91 Å². The number of amides is 2. The van der Waals surface area contributed by atoms with Gasteiger partial charge < -0.3 is 15.0 Å². The quantitative estimate of drug-likeness (QED) is 0.817. The van der Waals surface area contributed by atoms with Crippen LogP contribution in [-0.2, 0) is 6.54 Å². The van der Waals surface area contributed by atoms with Crippen molar-refractivity contribution in [1.29, 1.82) is 0 Å². The van der Waals surface area contributed by atoms with Crippen molar-refractivity contribution in [2.24, 2.45) is 5.18 Å². The van der Waals surface area contributed by atoms with Gasteiger partial charge >= 0.3 is 6.03 Å². The number of nitrogens with zero attached hydrogens (tertiary/aromatic N) is 2. The van der Waals surface area contributed by atoms with Crippen LogP contribution in [0.15, 0.2) is 11.2 Å². The lowest BCUT2D eigenvalue weighted by Crippen LogP contribution is -2.32. The van der Waals surface area contributed by atoms with Crippen LogP contribution >= 0.6 is 0 Å². The number of hydrogen-bond acceptors (Lipinski definition) is 4. The Morgan fingerprint density at radius 2 is 2.10 bits per heavy atom. The molecule has 0 aliphatic carbocycles. The average Bonchev–Trinajstić information content (AvgIpc) is 2.84. The summed E-state index contributed by atoms with van der Waals surface area (Å²) in [6.45, 7) is 8.45. The van der Waals surface area contributed by atoms with Crippen LogP contribution in [0, 0.1) is 25.7 Å². The maximum Gasteiger partial charge on any atom is 0.317 e. The molecule has 2 rings (SSSR count). The molecule has 6 nitrogen and oxygen atoms in total. The number of nitrogens with one attached hydrogen (secondary N) is 1. The van der Waals surface area contributed by atoms with E-state index in [1.54, 1.807) is 4.90 Å². The number of nitroso groups, excluding NO2 is 1. The van der Waals surface area contributed by atoms with Gasteiger partial charge in [-0.1, -0.05) is 11.2 Å². The minimum absolute atomic E-state index is 0.0400. The largest absolute Gasteiger partial charge is 0.491 e. The molecular weight excluding hydrogens is 270 g/mol. The van der Waals surface area contributed by atoms with Crippen molar-refractivity contribution in [2.45, 2.75) is 27.3 Å². The van der Waals surface area contributed by atoms with Gasteiger partial charge in [-0.05, 0) is 43.0 Å². The van der Waals surface area contributed by atoms with Gasteiger partial charge in [0, 0.05) is 13.1 Å². The zero-order chi connectivity index (χ0) is 15.4. The molecule has 1 aromatic rings. The Morgan fingerprint density at radius 1 is 1.33 bits per heavy atom. The molecule has 0 saturated carbocycles. The highest BCUT2D eigenvalue weighted by Crippen LogP contribution is 2.29. The van der Waals surface area contributed by atoms with Gasteiger partial charge in [0.15, 0.2) is 0 Å². The van der Waals surface area contributed by atoms with Crippen LogP contribution in [0.4, 0.5) is 4.79 Å². The van der Waals surface area contributed by atoms with E-state index in [1.165, 1.54) is 0 Å². The Kier molecular flexibility index (Phi) is 4.77. The van der Waals surface area contributed by atoms with Crippen molar-refractivity contribution in [3.05, 3.63) is 33.2 Å². The molecule has 0 aromatic heterocycles. The summed E-state index contributed by atoms with van der Waals surface area (Å²) in [4.78, 5) is 23.7. The SMILES string of the molecule is Cc1cc(C)c(OCCN2CCNC2=O)c(C)c1CN=O. The third kappa shape index (κ3) is 3.32. The summed E-state index contributed by atoms with van der Waals surface area (Å²) in [6, 6.07) is 1.97. The van der Waals surface area contributed by atoms with Gasteiger partial charge in [0.25, 0.3) is 0 Å². The Labute approximate surface area is 124 Å². The summed E-state index contributed by atoms with van der Waals surface area (Å²) in [5.41, 5.74) is 3.96. The number of carbonyl (C=O) groups is 1. The van der Waals surface area contributed by atoms with E-state index in [0.29, 0.717) is 26.2 Å². The standard InChI is InChI=1S/C15H21N3O3/c1-10-8-11(2)14(12(3)13(10)9-17-20)21-7-6-18-5-4-16-15(18)19/h8H,4-7,9H2,1-3H3,(H,16,19). The van der Waals surface area contributed by atoms with Crippen LogP contribution in [0.2, 0.25) is 0 Å². The summed E-state index contributed by atoms with van der Waals surface area (Å²) in [5.74, 6) is 0.791. The van der Waals surface area contributed by atoms with Crippen molar-refractivity contribution in [2.75, 3.05) is 26.2 Å². The maximum atomic E-state index is 11.4. The predicted molar refractivity (Wildman–Crippen MR) is 80.6 cm³/mol. The second-order valence-corrected chi connectivity index (χ2v) is 5.30. The molecule has 1 saturated heterocycles. The van der Waals surface area contributed by atoms with Crippen LogP contribution < -0.4 is 10.1 Å². The lowest BCUT2D eigenvalue weighted by molar-refractivity contribution is 0.202. The number of aryl methyl sites for hydroxylation is 2. The van der Waals surface area contributed by atoms with Crippen LogP contribution in [-0.4, -0.2) is 37.2 Å². The first-order valence-electron chi connectivity index (χ1n) is 7.09. The third-order valence-electron chi connectivity index (χ3n) is 3.84. The fourth-order valence-electron chi connectivity index (χ4n) is 2.72. The van der Waals surface area contributed by atoms with E-state index in [2.05, 4.69) is 10.5 Å². The molecule has 0 bridgehead atoms. The number of ether oxygens (including phenoxy) is 1. The fraction of sp³-hybridized carbons (Fsp3) is 0.533. The summed E-state index contributed by atoms with van der Waals surface area (Å²) in [5, 5.41) is 5.74. The van der Waals surface area contributed by atoms with Crippen LogP contribution in [0.5, 0.6) is 5.75 Å². The molecule has 6 heteroatoms. The molecule has 114 valence electrons. The minimum Gasteiger partial charge on any atom is -0.491 e. The Hall–Kier alpha value is -2.11. The van der Waals surface area contributed by atoms with Crippen molar-refractivity contribution in [3.8, 4) is 5.75 Å². The molecule has 1 fully saturated rings. The van der Waals surface area contributed by atoms with E-state index in [4.69, 9.17) is 4.74 Å². The normalized spacial score (nSPS) is 14.2. The number of urea groups is 1. The van der Waals surface area contributed by atoms with E-state index in [1.807, 2.05) is 26.8 Å². The molecule has 0 atom stereocenters. The minimum atomic E-state index is -0.0400. The molecule has 0 radical (unpaired) electrons. The lowest BCUT2D eigenvalue weighted by Gasteiger charge is -2.19. The van der Waals surface area contributed by atoms with Gasteiger partial charge in [-0.3, -0.25) is 0 Å². The summed E-state index contributed by atoms with van der Waals surface area (Å²) < 4.78 is 5.85. The van der Waals surface area contributed by atoms with Crippen LogP contribution in [0.1, 0.15) is 22.3 Å². The molecule has 0 spiro atoms. The highest BCUT2D eigenvalue weighted by molar-refractivity contribution is 5.76. The molecule has 1 aliphatic heterocycles. The van der Waals surface area contributed by atoms with Gasteiger partial charge in [0.05, 0.1) is 6.54 Å². The highest BCUT2D eigenvalue weighted by Gasteiger charge is 2.19. The summed E-state index contributed by atoms with van der Waals surface area (Å²) in [7, 11) is 0. The van der Waals surface area contributed by atoms with Crippen LogP contribution in [0.3, 0.4) is 0 Å². The first kappa shape index (κ1) is 15.3. The molecule has 1 aromatic carbocycles. The predicted octanol–water partition coefficient (Wildman–Crippen LogP) is 2.28. The topological polar surface area (TPSA) is 71.0 Å². The molecule has 1 aliphatic rings. The number of carbonyl (C=O) groups excluding carboxylic acids is 1. The summed E-state index contributed by atoms with van der Waals surface area (Å²) >= 11 is 0. The second-order valence-electron chi connectivity index (χ2n) is 5.30. The Balaban J connectivity index is 2.06. The smallest absolute Gasteiger partial charge is 0.317 e. The molecular formula is C15H21N3O3. The van der Waals surface area contributed by atoms with E-state index < -0.39 is 0 Å². The molecule has 1 N–H and O–H groups in total. The third-order valence-corrected chi connectivity index (χ3v) is 3.84. The average molecular weight is 291 g/mol. The Morgan fingerprint density at radius 3 is 2.71 bits per heavy atom. The molecule has 2 amide bonds. The number of benzene rings is 1. The number of hydrogen-bond donors (Lipinski definition) is 1. The van der Waals surface area contributed by atoms with E-state index in [9.17, 15) is 9.70 Å². The lowest BCUT2D eigenvalue weighted by atomic mass is 9.98. The molecule has 21 heavy (non-hydrogen) atoms. The van der Waals surface area contributed by atoms with Gasteiger partial charge in [-0.15, -0.1) is 0 Å². The second kappa shape index (κ2) is 6.56. The van der Waals surface area contributed by atoms with Crippen molar-refractivity contribution >= 4 is 6.03 Å². The van der Waals surface area contributed by atoms with E-state index in [-0.39, 0.29) is 12.6 Å². The monoisotopic (exact) mass is 291 g/mol. The highest BCUT2D eigenvalue weighted by atomic mass is 16.5. The first-order chi connectivity index (χ1) is 10.0. The van der Waals surface area contributed by atoms with E-state index >= 15 is 0 Å². The van der Waals surface area contributed by atoms with Crippen molar-refractivity contribution < 1.29 is 9.53 Å². The van der Waals surface area contributed by atoms with Crippen molar-refractivity contribution in [1.82, 2.24) is 10.2 Å². The molecule has 1 heterocycles. The molecule has 0 unspecified atom stereocenters. The van der Waals surface area contributed by atoms with Gasteiger partial charge in [-0.25, -0.2) is 4.79 Å². The first-order valence-corrected chi connectivity index (χ1v) is 7.09. The van der Waals surface area contributed by atoms with Crippen molar-refractivity contribution in [3.63, 3.8) is 0 Å². The zero-order valence-corrected chi connectivity index (χ0v) is 12.7. The van der Waals surface area contributed by atoms with Crippen LogP contribution in [0.25, 0.3) is 0 Å². The summed E-state index contributed by atoms with van der Waals surface area (Å²) in [6.07, 6.45) is 0. The fourth-order valence-corrected chi connectivity index (χ4v) is 2.72. The zero-order valence-electron chi connectivity index (χ0n) is 12.7. The number of rotatable bonds is 6. The van der Waals surface area contributed by atoms with Gasteiger partial charge in [0.1, 0.15) is 18.9 Å². The van der Waals surface area contributed by atoms with E-state index in [0.717, 1.165) is 28.0 Å². The van der Waals surface area contributed by atoms with Gasteiger partial charge in [0.2, 0.25) is 0 Å². The Bertz CT molecular complexity index is 558. The maximum absolute atomic E-state index is 11.4.